The molecule has 1 atom stereocenters. The Morgan fingerprint density at radius 1 is 0.923 bits per heavy atom. The number of nitrogens with zero attached hydrogens (tertiary/aromatic N) is 3. The van der Waals surface area contributed by atoms with Crippen LogP contribution in [0.25, 0.3) is 0 Å². The number of ether oxygens (including phenoxy) is 2. The first-order valence-electron chi connectivity index (χ1n) is 13.6. The lowest BCUT2D eigenvalue weighted by Crippen LogP contribution is -2.32. The fourth-order valence-corrected chi connectivity index (χ4v) is 4.17. The molecule has 0 bridgehead atoms. The number of carbonyl (C=O) groups is 2. The lowest BCUT2D eigenvalue weighted by molar-refractivity contribution is -0.138. The molecule has 0 aliphatic heterocycles. The van der Waals surface area contributed by atoms with Crippen LogP contribution in [0.15, 0.2) is 30.3 Å². The number of benzene rings is 1. The van der Waals surface area contributed by atoms with Crippen LogP contribution in [0, 0.1) is 5.92 Å². The monoisotopic (exact) mass is 543 g/mol. The summed E-state index contributed by atoms with van der Waals surface area (Å²) in [7, 11) is 0. The van der Waals surface area contributed by atoms with Crippen LogP contribution in [-0.4, -0.2) is 83.5 Å². The number of anilines is 3. The molecule has 0 radical (unpaired) electrons. The average Bonchev–Trinajstić information content (AvgIpc) is 3.42. The number of rotatable bonds is 18. The van der Waals surface area contributed by atoms with E-state index in [1.807, 2.05) is 32.0 Å². The number of aliphatic carboxylic acids is 1. The molecule has 214 valence electrons. The molecule has 1 aliphatic carbocycles. The maximum absolute atomic E-state index is 12.0. The molecule has 5 N–H and O–H groups in total. The fraction of sp³-hybridized carbons (Fsp3) is 0.593. The van der Waals surface area contributed by atoms with Gasteiger partial charge in [0, 0.05) is 24.7 Å². The van der Waals surface area contributed by atoms with Crippen LogP contribution in [0.2, 0.25) is 0 Å². The lowest BCUT2D eigenvalue weighted by Gasteiger charge is -2.18. The lowest BCUT2D eigenvalue weighted by atomic mass is 10.0. The van der Waals surface area contributed by atoms with E-state index in [4.69, 9.17) is 9.47 Å². The minimum absolute atomic E-state index is 0.127. The Morgan fingerprint density at radius 3 is 2.23 bits per heavy atom. The van der Waals surface area contributed by atoms with E-state index in [9.17, 15) is 14.7 Å². The second-order valence-electron chi connectivity index (χ2n) is 9.87. The van der Waals surface area contributed by atoms with E-state index in [0.717, 1.165) is 25.7 Å². The Hall–Kier alpha value is -3.51. The predicted molar refractivity (Wildman–Crippen MR) is 149 cm³/mol. The van der Waals surface area contributed by atoms with Crippen molar-refractivity contribution in [1.29, 1.82) is 0 Å². The summed E-state index contributed by atoms with van der Waals surface area (Å²) < 4.78 is 11.1. The third-order valence-corrected chi connectivity index (χ3v) is 6.10. The van der Waals surface area contributed by atoms with Gasteiger partial charge < -0.3 is 35.8 Å². The molecule has 0 unspecified atom stereocenters. The van der Waals surface area contributed by atoms with Gasteiger partial charge in [-0.25, -0.2) is 4.79 Å². The number of carboxylic acid groups (broad SMARTS) is 1. The third kappa shape index (κ3) is 11.4. The van der Waals surface area contributed by atoms with Crippen LogP contribution >= 0.6 is 0 Å². The molecule has 39 heavy (non-hydrogen) atoms. The number of amides is 1. The second-order valence-corrected chi connectivity index (χ2v) is 9.87. The van der Waals surface area contributed by atoms with Crippen molar-refractivity contribution in [2.24, 2.45) is 5.92 Å². The van der Waals surface area contributed by atoms with Crippen molar-refractivity contribution in [2.45, 2.75) is 58.0 Å². The van der Waals surface area contributed by atoms with E-state index in [0.29, 0.717) is 69.4 Å². The Labute approximate surface area is 229 Å². The summed E-state index contributed by atoms with van der Waals surface area (Å²) in [6, 6.07) is 8.54. The fourth-order valence-electron chi connectivity index (χ4n) is 4.17. The van der Waals surface area contributed by atoms with Gasteiger partial charge in [-0.3, -0.25) is 4.79 Å². The van der Waals surface area contributed by atoms with Gasteiger partial charge in [-0.2, -0.15) is 15.0 Å². The number of hydrogen-bond acceptors (Lipinski definition) is 10. The van der Waals surface area contributed by atoms with Crippen LogP contribution in [-0.2, 0) is 14.3 Å². The normalized spacial score (nSPS) is 14.2. The molecule has 12 nitrogen and oxygen atoms in total. The van der Waals surface area contributed by atoms with Crippen LogP contribution in [0.3, 0.4) is 0 Å². The van der Waals surface area contributed by atoms with Gasteiger partial charge in [0.05, 0.1) is 26.4 Å². The summed E-state index contributed by atoms with van der Waals surface area (Å²) in [5, 5.41) is 21.8. The highest BCUT2D eigenvalue weighted by molar-refractivity contribution is 5.94. The molecule has 1 fully saturated rings. The van der Waals surface area contributed by atoms with Crippen LogP contribution < -0.4 is 21.3 Å². The van der Waals surface area contributed by atoms with Gasteiger partial charge in [-0.15, -0.1) is 0 Å². The first-order valence-corrected chi connectivity index (χ1v) is 13.6. The van der Waals surface area contributed by atoms with Crippen molar-refractivity contribution in [3.8, 4) is 0 Å². The molecule has 1 aliphatic rings. The molecular formula is C27H41N7O5. The zero-order chi connectivity index (χ0) is 27.9. The average molecular weight is 544 g/mol. The molecule has 3 rings (SSSR count). The molecular weight excluding hydrogens is 502 g/mol. The largest absolute Gasteiger partial charge is 0.480 e. The first kappa shape index (κ1) is 30.0. The van der Waals surface area contributed by atoms with Crippen LogP contribution in [0.5, 0.6) is 0 Å². The van der Waals surface area contributed by atoms with Crippen molar-refractivity contribution >= 4 is 29.7 Å². The zero-order valence-corrected chi connectivity index (χ0v) is 22.8. The molecule has 1 aromatic heterocycles. The number of carbonyl (C=O) groups excluding carboxylic acids is 1. The predicted octanol–water partition coefficient (Wildman–Crippen LogP) is 3.01. The van der Waals surface area contributed by atoms with Crippen molar-refractivity contribution in [3.63, 3.8) is 0 Å². The summed E-state index contributed by atoms with van der Waals surface area (Å²) in [6.45, 7) is 6.42. The molecule has 0 spiro atoms. The van der Waals surface area contributed by atoms with Gasteiger partial charge in [0.1, 0.15) is 6.04 Å². The summed E-state index contributed by atoms with van der Waals surface area (Å²) in [5.74, 6) is 0.106. The second kappa shape index (κ2) is 16.5. The van der Waals surface area contributed by atoms with Gasteiger partial charge in [0.2, 0.25) is 17.8 Å². The minimum Gasteiger partial charge on any atom is -0.480 e. The standard InChI is InChI=1S/C27H41N7O5/c1-19(2)18-22(24(36)37)31-27-33-25(32-26(34-27)30-21-10-6-7-11-21)29-13-15-39-17-16-38-14-12-28-23(35)20-8-4-3-5-9-20/h3-5,8-9,19,21-22H,6-7,10-18H2,1-2H3,(H,28,35)(H,36,37)(H3,29,30,31,32,33,34)/t22-/m0/s1. The number of aromatic nitrogens is 3. The van der Waals surface area contributed by atoms with E-state index in [-0.39, 0.29) is 17.8 Å². The summed E-state index contributed by atoms with van der Waals surface area (Å²) in [5.41, 5.74) is 0.619. The molecule has 2 aromatic rings. The summed E-state index contributed by atoms with van der Waals surface area (Å²) >= 11 is 0. The number of hydrogen-bond donors (Lipinski definition) is 5. The van der Waals surface area contributed by atoms with E-state index >= 15 is 0 Å². The Bertz CT molecular complexity index is 1020. The maximum atomic E-state index is 12.0. The number of nitrogens with one attached hydrogen (secondary N) is 4. The van der Waals surface area contributed by atoms with Gasteiger partial charge in [0.15, 0.2) is 0 Å². The molecule has 12 heteroatoms. The highest BCUT2D eigenvalue weighted by Gasteiger charge is 2.22. The van der Waals surface area contributed by atoms with Gasteiger partial charge >= 0.3 is 5.97 Å². The summed E-state index contributed by atoms with van der Waals surface area (Å²) in [6.07, 6.45) is 4.88. The third-order valence-electron chi connectivity index (χ3n) is 6.10. The Balaban J connectivity index is 1.38. The molecule has 1 saturated carbocycles. The van der Waals surface area contributed by atoms with E-state index < -0.39 is 12.0 Å². The molecule has 1 aromatic carbocycles. The maximum Gasteiger partial charge on any atom is 0.326 e. The SMILES string of the molecule is CC(C)C[C@H](Nc1nc(NCCOCCOCCNC(=O)c2ccccc2)nc(NC2CCCC2)n1)C(=O)O. The summed E-state index contributed by atoms with van der Waals surface area (Å²) in [4.78, 5) is 37.0. The molecule has 1 amide bonds. The van der Waals surface area contributed by atoms with Gasteiger partial charge in [-0.1, -0.05) is 44.9 Å². The quantitative estimate of drug-likeness (QED) is 0.176. The van der Waals surface area contributed by atoms with Crippen molar-refractivity contribution in [3.05, 3.63) is 35.9 Å². The van der Waals surface area contributed by atoms with Crippen LogP contribution in [0.4, 0.5) is 17.8 Å². The smallest absolute Gasteiger partial charge is 0.326 e. The van der Waals surface area contributed by atoms with Gasteiger partial charge in [0.25, 0.3) is 5.91 Å². The zero-order valence-electron chi connectivity index (χ0n) is 22.8. The van der Waals surface area contributed by atoms with E-state index in [1.165, 1.54) is 0 Å². The number of carboxylic acids is 1. The van der Waals surface area contributed by atoms with Crippen molar-refractivity contribution in [1.82, 2.24) is 20.3 Å². The first-order chi connectivity index (χ1) is 18.9. The Morgan fingerprint density at radius 2 is 1.56 bits per heavy atom. The van der Waals surface area contributed by atoms with Crippen LogP contribution in [0.1, 0.15) is 56.3 Å². The minimum atomic E-state index is -0.946. The van der Waals surface area contributed by atoms with E-state index in [1.54, 1.807) is 12.1 Å². The Kier molecular flexibility index (Phi) is 12.7. The van der Waals surface area contributed by atoms with Crippen molar-refractivity contribution in [2.75, 3.05) is 55.5 Å². The molecule has 1 heterocycles. The van der Waals surface area contributed by atoms with Gasteiger partial charge in [-0.05, 0) is 37.3 Å². The topological polar surface area (TPSA) is 160 Å². The molecule has 0 saturated heterocycles. The highest BCUT2D eigenvalue weighted by Crippen LogP contribution is 2.22. The highest BCUT2D eigenvalue weighted by atomic mass is 16.5. The van der Waals surface area contributed by atoms with E-state index in [2.05, 4.69) is 36.2 Å². The van der Waals surface area contributed by atoms with Crippen molar-refractivity contribution < 1.29 is 24.2 Å².